The summed E-state index contributed by atoms with van der Waals surface area (Å²) in [4.78, 5) is 0. The van der Waals surface area contributed by atoms with Crippen LogP contribution in [0.25, 0.3) is 75.2 Å². The molecule has 0 aliphatic rings. The first kappa shape index (κ1) is 23.3. The number of nitrogens with zero attached hydrogens (tertiary/aromatic N) is 3. The van der Waals surface area contributed by atoms with Gasteiger partial charge in [-0.25, -0.2) is 0 Å². The Morgan fingerprint density at radius 1 is 0.548 bits per heavy atom. The fourth-order valence-electron chi connectivity index (χ4n) is 6.77. The molecule has 0 N–H and O–H groups in total. The summed E-state index contributed by atoms with van der Waals surface area (Å²) < 4.78 is 7.39. The maximum Gasteiger partial charge on any atom is 0.0991 e. The van der Waals surface area contributed by atoms with Crippen molar-refractivity contribution in [3.8, 4) is 17.4 Å². The van der Waals surface area contributed by atoms with Gasteiger partial charge in [0, 0.05) is 53.1 Å². The molecular weight excluding hydrogens is 531 g/mol. The second-order valence-corrected chi connectivity index (χ2v) is 12.1. The Balaban J connectivity index is 1.35. The minimum Gasteiger partial charge on any atom is -0.309 e. The minimum atomic E-state index is 0.676. The van der Waals surface area contributed by atoms with Crippen LogP contribution in [0, 0.1) is 18.3 Å². The number of hydrogen-bond donors (Lipinski definition) is 0. The fraction of sp³-hybridized carbons (Fsp3) is 0.0263. The molecule has 9 aromatic rings. The number of fused-ring (bicyclic) bond motifs is 10. The molecule has 3 heterocycles. The summed E-state index contributed by atoms with van der Waals surface area (Å²) in [6, 6.07) is 45.8. The molecular formula is C38H23N3S. The van der Waals surface area contributed by atoms with Crippen molar-refractivity contribution in [2.24, 2.45) is 0 Å². The van der Waals surface area contributed by atoms with Crippen molar-refractivity contribution in [3.05, 3.63) is 132 Å². The number of hydrogen-bond acceptors (Lipinski definition) is 2. The Bertz CT molecular complexity index is 2600. The summed E-state index contributed by atoms with van der Waals surface area (Å²) in [6.07, 6.45) is 0. The SMILES string of the molecule is Cc1ccc2c(c1)c1cc(C#N)ccc1n2-c1cccc(-n2c3ccccc3c3c4sc5ccccc5c4ccc32)c1. The lowest BCUT2D eigenvalue weighted by Crippen LogP contribution is -1.98. The van der Waals surface area contributed by atoms with Gasteiger partial charge in [0.25, 0.3) is 0 Å². The molecule has 0 aliphatic heterocycles. The number of aryl methyl sites for hydroxylation is 1. The van der Waals surface area contributed by atoms with Crippen LogP contribution in [0.2, 0.25) is 0 Å². The summed E-state index contributed by atoms with van der Waals surface area (Å²) >= 11 is 1.88. The molecule has 6 aromatic carbocycles. The molecule has 3 aromatic heterocycles. The summed E-state index contributed by atoms with van der Waals surface area (Å²) in [6.45, 7) is 2.12. The maximum atomic E-state index is 9.61. The molecule has 0 fully saturated rings. The smallest absolute Gasteiger partial charge is 0.0991 e. The van der Waals surface area contributed by atoms with Crippen LogP contribution in [0.15, 0.2) is 121 Å². The van der Waals surface area contributed by atoms with E-state index in [4.69, 9.17) is 0 Å². The highest BCUT2D eigenvalue weighted by Gasteiger charge is 2.18. The molecule has 9 rings (SSSR count). The molecule has 0 saturated heterocycles. The van der Waals surface area contributed by atoms with Gasteiger partial charge in [0.05, 0.1) is 33.7 Å². The zero-order valence-electron chi connectivity index (χ0n) is 22.8. The van der Waals surface area contributed by atoms with Gasteiger partial charge in [0.2, 0.25) is 0 Å². The van der Waals surface area contributed by atoms with E-state index >= 15 is 0 Å². The minimum absolute atomic E-state index is 0.676. The van der Waals surface area contributed by atoms with Gasteiger partial charge in [-0.1, -0.05) is 60.2 Å². The molecule has 0 atom stereocenters. The van der Waals surface area contributed by atoms with Crippen molar-refractivity contribution in [1.29, 1.82) is 5.26 Å². The Morgan fingerprint density at radius 3 is 2.05 bits per heavy atom. The molecule has 0 aliphatic carbocycles. The van der Waals surface area contributed by atoms with E-state index < -0.39 is 0 Å². The first-order chi connectivity index (χ1) is 20.7. The Morgan fingerprint density at radius 2 is 1.21 bits per heavy atom. The maximum absolute atomic E-state index is 9.61. The Kier molecular flexibility index (Phi) is 4.76. The van der Waals surface area contributed by atoms with Crippen LogP contribution in [0.5, 0.6) is 0 Å². The molecule has 0 unspecified atom stereocenters. The van der Waals surface area contributed by atoms with Gasteiger partial charge in [-0.05, 0) is 73.7 Å². The van der Waals surface area contributed by atoms with Crippen molar-refractivity contribution in [2.75, 3.05) is 0 Å². The van der Waals surface area contributed by atoms with E-state index in [9.17, 15) is 5.26 Å². The summed E-state index contributed by atoms with van der Waals surface area (Å²) in [5, 5.41) is 17.1. The normalized spacial score (nSPS) is 11.9. The van der Waals surface area contributed by atoms with Crippen LogP contribution in [0.1, 0.15) is 11.1 Å². The lowest BCUT2D eigenvalue weighted by molar-refractivity contribution is 1.13. The number of thiophene rings is 1. The van der Waals surface area contributed by atoms with Crippen molar-refractivity contribution in [1.82, 2.24) is 9.13 Å². The molecule has 0 saturated carbocycles. The molecule has 4 heteroatoms. The van der Waals surface area contributed by atoms with Crippen LogP contribution >= 0.6 is 11.3 Å². The second-order valence-electron chi connectivity index (χ2n) is 11.0. The largest absolute Gasteiger partial charge is 0.309 e. The third-order valence-electron chi connectivity index (χ3n) is 8.58. The van der Waals surface area contributed by atoms with E-state index in [0.717, 1.165) is 33.2 Å². The number of nitriles is 1. The summed E-state index contributed by atoms with van der Waals surface area (Å²) in [7, 11) is 0. The van der Waals surface area contributed by atoms with Crippen LogP contribution in [0.3, 0.4) is 0 Å². The quantitative estimate of drug-likeness (QED) is 0.210. The Labute approximate surface area is 245 Å². The predicted molar refractivity (Wildman–Crippen MR) is 177 cm³/mol. The van der Waals surface area contributed by atoms with Crippen LogP contribution < -0.4 is 0 Å². The van der Waals surface area contributed by atoms with Gasteiger partial charge < -0.3 is 9.13 Å². The average Bonchev–Trinajstić information content (AvgIpc) is 3.68. The monoisotopic (exact) mass is 553 g/mol. The number of aromatic nitrogens is 2. The van der Waals surface area contributed by atoms with E-state index in [1.807, 2.05) is 23.5 Å². The van der Waals surface area contributed by atoms with E-state index in [1.54, 1.807) is 0 Å². The number of rotatable bonds is 2. The Hall–Kier alpha value is -5.37. The van der Waals surface area contributed by atoms with E-state index in [0.29, 0.717) is 5.56 Å². The molecule has 196 valence electrons. The highest BCUT2D eigenvalue weighted by Crippen LogP contribution is 2.43. The lowest BCUT2D eigenvalue weighted by atomic mass is 10.1. The molecule has 0 amide bonds. The van der Waals surface area contributed by atoms with Gasteiger partial charge in [-0.3, -0.25) is 0 Å². The topological polar surface area (TPSA) is 33.6 Å². The first-order valence-corrected chi connectivity index (χ1v) is 14.9. The lowest BCUT2D eigenvalue weighted by Gasteiger charge is -2.13. The zero-order chi connectivity index (χ0) is 27.9. The van der Waals surface area contributed by atoms with Gasteiger partial charge in [0.15, 0.2) is 0 Å². The number of benzene rings is 6. The van der Waals surface area contributed by atoms with Gasteiger partial charge in [0.1, 0.15) is 0 Å². The van der Waals surface area contributed by atoms with Crippen molar-refractivity contribution < 1.29 is 0 Å². The average molecular weight is 554 g/mol. The van der Waals surface area contributed by atoms with Crippen molar-refractivity contribution in [2.45, 2.75) is 6.92 Å². The second kappa shape index (κ2) is 8.57. The number of para-hydroxylation sites is 1. The van der Waals surface area contributed by atoms with E-state index in [2.05, 4.69) is 131 Å². The van der Waals surface area contributed by atoms with E-state index in [1.165, 1.54) is 47.5 Å². The van der Waals surface area contributed by atoms with Crippen LogP contribution in [0.4, 0.5) is 0 Å². The van der Waals surface area contributed by atoms with Gasteiger partial charge >= 0.3 is 0 Å². The standard InChI is InChI=1S/C38H23N3S/c1-23-13-16-33-30(19-23)31-20-24(22-39)14-17-34(31)40(33)25-7-6-8-26(21-25)41-32-11-4-2-10-29(32)37-35(41)18-15-28-27-9-3-5-12-36(27)42-38(28)37/h2-21H,1H3. The third-order valence-corrected chi connectivity index (χ3v) is 9.78. The van der Waals surface area contributed by atoms with Crippen LogP contribution in [-0.2, 0) is 0 Å². The third kappa shape index (κ3) is 3.14. The van der Waals surface area contributed by atoms with Gasteiger partial charge in [-0.15, -0.1) is 11.3 Å². The zero-order valence-corrected chi connectivity index (χ0v) is 23.6. The fourth-order valence-corrected chi connectivity index (χ4v) is 8.03. The van der Waals surface area contributed by atoms with Gasteiger partial charge in [-0.2, -0.15) is 5.26 Å². The summed E-state index contributed by atoms with van der Waals surface area (Å²) in [5.74, 6) is 0. The highest BCUT2D eigenvalue weighted by atomic mass is 32.1. The first-order valence-electron chi connectivity index (χ1n) is 14.1. The van der Waals surface area contributed by atoms with Crippen LogP contribution in [-0.4, -0.2) is 9.13 Å². The molecule has 3 nitrogen and oxygen atoms in total. The predicted octanol–water partition coefficient (Wildman–Crippen LogP) is 10.4. The summed E-state index contributed by atoms with van der Waals surface area (Å²) in [5.41, 5.74) is 8.74. The van der Waals surface area contributed by atoms with Crippen molar-refractivity contribution >= 4 is 75.1 Å². The molecule has 42 heavy (non-hydrogen) atoms. The molecule has 0 spiro atoms. The van der Waals surface area contributed by atoms with Crippen molar-refractivity contribution in [3.63, 3.8) is 0 Å². The molecule has 0 bridgehead atoms. The molecule has 0 radical (unpaired) electrons. The van der Waals surface area contributed by atoms with E-state index in [-0.39, 0.29) is 0 Å². The highest BCUT2D eigenvalue weighted by molar-refractivity contribution is 7.26.